The molecule has 0 amide bonds. The van der Waals surface area contributed by atoms with E-state index >= 15 is 0 Å². The minimum atomic E-state index is -0.298. The Morgan fingerprint density at radius 1 is 0.561 bits per heavy atom. The molecule has 0 aromatic heterocycles. The normalized spacial score (nSPS) is 47.2. The van der Waals surface area contributed by atoms with E-state index < -0.39 is 0 Å². The summed E-state index contributed by atoms with van der Waals surface area (Å²) in [5.41, 5.74) is 4.48. The Morgan fingerprint density at radius 3 is 1.65 bits per heavy atom. The summed E-state index contributed by atoms with van der Waals surface area (Å²) in [5.74, 6) is 8.82. The summed E-state index contributed by atoms with van der Waals surface area (Å²) in [6, 6.07) is 0. The van der Waals surface area contributed by atoms with Crippen molar-refractivity contribution in [2.45, 2.75) is 222 Å². The van der Waals surface area contributed by atoms with E-state index in [-0.39, 0.29) is 23.7 Å². The number of rotatable bonds is 10. The third-order valence-electron chi connectivity index (χ3n) is 20.6. The highest BCUT2D eigenvalue weighted by Gasteiger charge is 2.63. The minimum Gasteiger partial charge on any atom is -0.393 e. The zero-order valence-corrected chi connectivity index (χ0v) is 39.0. The summed E-state index contributed by atoms with van der Waals surface area (Å²) in [6.45, 7) is 24.7. The van der Waals surface area contributed by atoms with E-state index in [0.717, 1.165) is 73.0 Å². The highest BCUT2D eigenvalue weighted by Crippen LogP contribution is 2.69. The summed E-state index contributed by atoms with van der Waals surface area (Å²) >= 11 is 0. The van der Waals surface area contributed by atoms with Crippen LogP contribution in [0, 0.1) is 92.7 Å². The summed E-state index contributed by atoms with van der Waals surface area (Å²) in [6.07, 6.45) is 31.0. The van der Waals surface area contributed by atoms with Crippen molar-refractivity contribution in [1.82, 2.24) is 0 Å². The Balaban J connectivity index is 0.000000174. The van der Waals surface area contributed by atoms with Crippen LogP contribution in [0.3, 0.4) is 0 Å². The fourth-order valence-corrected chi connectivity index (χ4v) is 17.4. The van der Waals surface area contributed by atoms with Gasteiger partial charge < -0.3 is 15.3 Å². The van der Waals surface area contributed by atoms with Gasteiger partial charge in [0.05, 0.1) is 18.3 Å². The lowest BCUT2D eigenvalue weighted by atomic mass is 9.46. The van der Waals surface area contributed by atoms with Crippen molar-refractivity contribution in [3.05, 3.63) is 23.3 Å². The molecule has 8 aliphatic rings. The molecule has 0 saturated heterocycles. The first-order valence-corrected chi connectivity index (χ1v) is 25.4. The van der Waals surface area contributed by atoms with Crippen molar-refractivity contribution >= 4 is 0 Å². The lowest BCUT2D eigenvalue weighted by molar-refractivity contribution is -0.112. The Bertz CT molecular complexity index is 1430. The maximum absolute atomic E-state index is 11.3. The second kappa shape index (κ2) is 17.3. The number of aliphatic hydroxyl groups excluding tert-OH is 3. The van der Waals surface area contributed by atoms with Gasteiger partial charge in [0, 0.05) is 0 Å². The maximum Gasteiger partial charge on any atom is 0.0757 e. The van der Waals surface area contributed by atoms with Crippen molar-refractivity contribution in [3.8, 4) is 0 Å². The molecule has 2 unspecified atom stereocenters. The Morgan fingerprint density at radius 2 is 1.09 bits per heavy atom. The predicted octanol–water partition coefficient (Wildman–Crippen LogP) is 13.7. The van der Waals surface area contributed by atoms with E-state index in [2.05, 4.69) is 81.4 Å². The van der Waals surface area contributed by atoms with Crippen LogP contribution in [0.2, 0.25) is 0 Å². The minimum absolute atomic E-state index is 0.0814. The summed E-state index contributed by atoms with van der Waals surface area (Å²) in [4.78, 5) is 0. The third-order valence-corrected chi connectivity index (χ3v) is 20.6. The monoisotopic (exact) mass is 789 g/mol. The SMILES string of the molecule is CC(C)CCCC(C)[C@H]1CC[C@H]2[C@@H]3[C@H](O)C=C4C[C@@H](O)CC[C@]4(C)[C@H]3CC[C@]12C.CC(C)CCCC(C)[C@H]1CC[C@H]2[C@@H]3[C@H](O)CC4=CCCC[C@]4(C)[C@H]3CC[C@]12C. The van der Waals surface area contributed by atoms with E-state index in [1.165, 1.54) is 115 Å². The zero-order valence-electron chi connectivity index (χ0n) is 39.0. The molecular formula is C54H92O3. The van der Waals surface area contributed by atoms with Crippen LogP contribution in [-0.2, 0) is 0 Å². The van der Waals surface area contributed by atoms with E-state index in [1.807, 2.05) is 0 Å². The first-order chi connectivity index (χ1) is 26.9. The fourth-order valence-electron chi connectivity index (χ4n) is 17.4. The van der Waals surface area contributed by atoms with Crippen molar-refractivity contribution < 1.29 is 15.3 Å². The average molecular weight is 789 g/mol. The van der Waals surface area contributed by atoms with Gasteiger partial charge >= 0.3 is 0 Å². The first kappa shape index (κ1) is 44.4. The van der Waals surface area contributed by atoms with Crippen LogP contribution in [0.15, 0.2) is 23.3 Å². The number of hydrogen-bond acceptors (Lipinski definition) is 3. The largest absolute Gasteiger partial charge is 0.393 e. The molecule has 3 N–H and O–H groups in total. The molecule has 6 saturated carbocycles. The highest BCUT2D eigenvalue weighted by atomic mass is 16.3. The van der Waals surface area contributed by atoms with Gasteiger partial charge in [-0.2, -0.15) is 0 Å². The average Bonchev–Trinajstić information content (AvgIpc) is 3.69. The molecule has 6 fully saturated rings. The van der Waals surface area contributed by atoms with Gasteiger partial charge in [0.1, 0.15) is 0 Å². The number of fused-ring (bicyclic) bond motifs is 10. The second-order valence-electron chi connectivity index (χ2n) is 24.4. The highest BCUT2D eigenvalue weighted by molar-refractivity contribution is 5.28. The molecule has 0 aliphatic heterocycles. The standard InChI is InChI=1S/C27H46O2.C27H46O/c1-17(2)7-6-8-18(3)21-9-10-22-25-23(12-14-27(21,22)5)26(4)13-11-20(28)15-19(26)16-24(25)29;1-18(2)9-8-10-19(3)21-12-13-22-25-23(14-16-27(21,22)5)26(4)15-7-6-11-20(26)17-24(25)28/h16-18,20-25,28-29H,6-15H2,1-5H3;11,18-19,21-25,28H,6-10,12-17H2,1-5H3/t18?,20-,21+,22-,23-,24+,25-,26-,27+;19?,21-,22+,23+,24-,25+,26+,27-/m01/s1. The maximum atomic E-state index is 11.3. The van der Waals surface area contributed by atoms with E-state index in [0.29, 0.717) is 39.9 Å². The summed E-state index contributed by atoms with van der Waals surface area (Å²) in [7, 11) is 0. The van der Waals surface area contributed by atoms with Gasteiger partial charge in [0.2, 0.25) is 0 Å². The number of allylic oxidation sites excluding steroid dienone is 1. The predicted molar refractivity (Wildman–Crippen MR) is 239 cm³/mol. The molecule has 0 spiro atoms. The summed E-state index contributed by atoms with van der Waals surface area (Å²) < 4.78 is 0. The third kappa shape index (κ3) is 8.12. The molecule has 8 aliphatic carbocycles. The topological polar surface area (TPSA) is 60.7 Å². The molecule has 0 aromatic rings. The second-order valence-corrected chi connectivity index (χ2v) is 24.4. The summed E-state index contributed by atoms with van der Waals surface area (Å²) in [5, 5.41) is 32.8. The Kier molecular flexibility index (Phi) is 13.4. The molecule has 0 bridgehead atoms. The molecule has 17 atom stereocenters. The van der Waals surface area contributed by atoms with E-state index in [4.69, 9.17) is 0 Å². The van der Waals surface area contributed by atoms with Gasteiger partial charge in [0.25, 0.3) is 0 Å². The smallest absolute Gasteiger partial charge is 0.0757 e. The number of hydrogen-bond donors (Lipinski definition) is 3. The van der Waals surface area contributed by atoms with Crippen LogP contribution < -0.4 is 0 Å². The Hall–Kier alpha value is -0.640. The quantitative estimate of drug-likeness (QED) is 0.193. The van der Waals surface area contributed by atoms with Gasteiger partial charge in [-0.05, 0) is 189 Å². The van der Waals surface area contributed by atoms with Crippen LogP contribution >= 0.6 is 0 Å². The van der Waals surface area contributed by atoms with Gasteiger partial charge in [0.15, 0.2) is 0 Å². The van der Waals surface area contributed by atoms with Crippen LogP contribution in [0.1, 0.15) is 204 Å². The van der Waals surface area contributed by atoms with Crippen molar-refractivity contribution in [2.75, 3.05) is 0 Å². The molecule has 0 radical (unpaired) electrons. The van der Waals surface area contributed by atoms with Crippen LogP contribution in [0.4, 0.5) is 0 Å². The molecule has 0 heterocycles. The van der Waals surface area contributed by atoms with Crippen LogP contribution in [-0.4, -0.2) is 33.6 Å². The van der Waals surface area contributed by atoms with Crippen LogP contribution in [0.5, 0.6) is 0 Å². The molecule has 8 rings (SSSR count). The zero-order chi connectivity index (χ0) is 41.1. The molecule has 326 valence electrons. The van der Waals surface area contributed by atoms with E-state index in [9.17, 15) is 15.3 Å². The van der Waals surface area contributed by atoms with Gasteiger partial charge in [-0.15, -0.1) is 0 Å². The number of aliphatic hydroxyl groups is 3. The van der Waals surface area contributed by atoms with Crippen molar-refractivity contribution in [2.24, 2.45) is 92.7 Å². The fraction of sp³-hybridized carbons (Fsp3) is 0.926. The first-order valence-electron chi connectivity index (χ1n) is 25.4. The van der Waals surface area contributed by atoms with Gasteiger partial charge in [-0.25, -0.2) is 0 Å². The van der Waals surface area contributed by atoms with Crippen molar-refractivity contribution in [3.63, 3.8) is 0 Å². The van der Waals surface area contributed by atoms with Gasteiger partial charge in [-0.1, -0.05) is 131 Å². The van der Waals surface area contributed by atoms with Gasteiger partial charge in [-0.3, -0.25) is 0 Å². The Labute approximate surface area is 352 Å². The van der Waals surface area contributed by atoms with Crippen LogP contribution in [0.25, 0.3) is 0 Å². The lowest BCUT2D eigenvalue weighted by Gasteiger charge is -2.60. The molecule has 3 nitrogen and oxygen atoms in total. The van der Waals surface area contributed by atoms with Crippen molar-refractivity contribution in [1.29, 1.82) is 0 Å². The molecular weight excluding hydrogens is 697 g/mol. The molecule has 0 aromatic carbocycles. The molecule has 3 heteroatoms. The lowest BCUT2D eigenvalue weighted by Crippen LogP contribution is -2.55. The van der Waals surface area contributed by atoms with E-state index in [1.54, 1.807) is 5.57 Å². The molecule has 57 heavy (non-hydrogen) atoms.